The molecule has 0 saturated heterocycles. The third kappa shape index (κ3) is 3.51. The van der Waals surface area contributed by atoms with Crippen molar-refractivity contribution in [2.45, 2.75) is 6.67 Å². The number of hydrogen-bond donors (Lipinski definition) is 1. The molecule has 0 spiro atoms. The largest absolute Gasteiger partial charge is 0.334 e. The quantitative estimate of drug-likeness (QED) is 0.516. The lowest BCUT2D eigenvalue weighted by molar-refractivity contribution is 0.484. The fourth-order valence-electron chi connectivity index (χ4n) is 1.05. The molecule has 0 saturated carbocycles. The molecule has 0 unspecified atom stereocenters. The van der Waals surface area contributed by atoms with Crippen molar-refractivity contribution in [3.63, 3.8) is 0 Å². The van der Waals surface area contributed by atoms with Crippen LogP contribution in [0.4, 0.5) is 10.1 Å². The molecule has 0 aromatic heterocycles. The molecule has 0 atom stereocenters. The number of thioether (sulfide) groups is 1. The Labute approximate surface area is 106 Å². The van der Waals surface area contributed by atoms with Gasteiger partial charge in [-0.2, -0.15) is 5.26 Å². The maximum absolute atomic E-state index is 12.6. The molecule has 84 valence electrons. The molecule has 16 heavy (non-hydrogen) atoms. The Morgan fingerprint density at radius 2 is 2.44 bits per heavy atom. The lowest BCUT2D eigenvalue weighted by atomic mass is 10.2. The molecule has 0 fully saturated rings. The van der Waals surface area contributed by atoms with Gasteiger partial charge in [-0.25, -0.2) is 4.39 Å². The van der Waals surface area contributed by atoms with Crippen LogP contribution in [0.3, 0.4) is 0 Å². The van der Waals surface area contributed by atoms with Gasteiger partial charge < -0.3 is 5.32 Å². The lowest BCUT2D eigenvalue weighted by Crippen LogP contribution is -2.06. The van der Waals surface area contributed by atoms with E-state index in [1.165, 1.54) is 11.8 Å². The molecule has 6 heteroatoms. The van der Waals surface area contributed by atoms with Crippen LogP contribution in [0, 0.1) is 11.5 Å². The average molecular weight is 302 g/mol. The number of benzene rings is 1. The van der Waals surface area contributed by atoms with E-state index in [0.717, 1.165) is 4.47 Å². The van der Waals surface area contributed by atoms with Crippen LogP contribution < -0.4 is 5.32 Å². The molecule has 0 heterocycles. The molecule has 1 rings (SSSR count). The van der Waals surface area contributed by atoms with Gasteiger partial charge in [0.25, 0.3) is 0 Å². The SMILES string of the molecule is CS/C(=N\C#N)Nc1ccc(Br)c(CF)c1. The molecule has 1 N–H and O–H groups in total. The second kappa shape index (κ2) is 6.51. The summed E-state index contributed by atoms with van der Waals surface area (Å²) in [6.45, 7) is -0.542. The number of anilines is 1. The number of alkyl halides is 1. The topological polar surface area (TPSA) is 48.2 Å². The van der Waals surface area contributed by atoms with Gasteiger partial charge in [-0.1, -0.05) is 27.7 Å². The Bertz CT molecular complexity index is 442. The summed E-state index contributed by atoms with van der Waals surface area (Å²) in [5.41, 5.74) is 1.27. The monoisotopic (exact) mass is 301 g/mol. The highest BCUT2D eigenvalue weighted by Gasteiger charge is 2.03. The van der Waals surface area contributed by atoms with E-state index in [0.29, 0.717) is 16.4 Å². The van der Waals surface area contributed by atoms with Gasteiger partial charge in [0.05, 0.1) is 0 Å². The van der Waals surface area contributed by atoms with Gasteiger partial charge >= 0.3 is 0 Å². The number of halogens is 2. The molecule has 0 radical (unpaired) electrons. The normalized spacial score (nSPS) is 11.0. The third-order valence-electron chi connectivity index (χ3n) is 1.79. The number of aliphatic imine (C=N–C) groups is 1. The lowest BCUT2D eigenvalue weighted by Gasteiger charge is -2.07. The van der Waals surface area contributed by atoms with E-state index in [4.69, 9.17) is 5.26 Å². The second-order valence-electron chi connectivity index (χ2n) is 2.79. The molecule has 0 aliphatic carbocycles. The summed E-state index contributed by atoms with van der Waals surface area (Å²) in [7, 11) is 0. The van der Waals surface area contributed by atoms with Crippen LogP contribution in [0.1, 0.15) is 5.56 Å². The molecular formula is C10H9BrFN3S. The Morgan fingerprint density at radius 3 is 3.00 bits per heavy atom. The molecule has 3 nitrogen and oxygen atoms in total. The van der Waals surface area contributed by atoms with E-state index >= 15 is 0 Å². The van der Waals surface area contributed by atoms with Crippen LogP contribution in [0.15, 0.2) is 27.7 Å². The smallest absolute Gasteiger partial charge is 0.208 e. The van der Waals surface area contributed by atoms with Crippen molar-refractivity contribution in [2.75, 3.05) is 11.6 Å². The van der Waals surface area contributed by atoms with Crippen molar-refractivity contribution in [2.24, 2.45) is 4.99 Å². The molecule has 1 aromatic carbocycles. The Balaban J connectivity index is 2.90. The summed E-state index contributed by atoms with van der Waals surface area (Å²) < 4.78 is 13.3. The van der Waals surface area contributed by atoms with Gasteiger partial charge in [0.1, 0.15) is 6.67 Å². The first-order valence-corrected chi connectivity index (χ1v) is 6.35. The maximum Gasteiger partial charge on any atom is 0.208 e. The standard InChI is InChI=1S/C10H9BrFN3S/c1-16-10(14-6-13)15-8-2-3-9(11)7(4-8)5-12/h2-4H,5H2,1H3,(H,14,15). The van der Waals surface area contributed by atoms with Gasteiger partial charge in [0.15, 0.2) is 5.17 Å². The number of hydrogen-bond acceptors (Lipinski definition) is 3. The number of rotatable bonds is 2. The highest BCUT2D eigenvalue weighted by Crippen LogP contribution is 2.22. The highest BCUT2D eigenvalue weighted by atomic mass is 79.9. The second-order valence-corrected chi connectivity index (χ2v) is 4.44. The van der Waals surface area contributed by atoms with Crippen molar-refractivity contribution < 1.29 is 4.39 Å². The molecule has 0 amide bonds. The van der Waals surface area contributed by atoms with E-state index in [1.54, 1.807) is 30.6 Å². The minimum absolute atomic E-state index is 0.481. The summed E-state index contributed by atoms with van der Waals surface area (Å²) in [6, 6.07) is 5.21. The summed E-state index contributed by atoms with van der Waals surface area (Å²) in [6.07, 6.45) is 3.50. The number of nitriles is 1. The summed E-state index contributed by atoms with van der Waals surface area (Å²) >= 11 is 4.57. The number of nitrogens with zero attached hydrogens (tertiary/aromatic N) is 2. The minimum Gasteiger partial charge on any atom is -0.334 e. The van der Waals surface area contributed by atoms with E-state index in [2.05, 4.69) is 26.2 Å². The predicted octanol–water partition coefficient (Wildman–Crippen LogP) is 3.53. The zero-order chi connectivity index (χ0) is 12.0. The van der Waals surface area contributed by atoms with Gasteiger partial charge in [-0.3, -0.25) is 0 Å². The van der Waals surface area contributed by atoms with Gasteiger partial charge in [0.2, 0.25) is 6.19 Å². The summed E-state index contributed by atoms with van der Waals surface area (Å²) in [5.74, 6) is 0. The highest BCUT2D eigenvalue weighted by molar-refractivity contribution is 9.10. The predicted molar refractivity (Wildman–Crippen MR) is 69.1 cm³/mol. The third-order valence-corrected chi connectivity index (χ3v) is 3.14. The van der Waals surface area contributed by atoms with Gasteiger partial charge in [0, 0.05) is 10.2 Å². The Hall–Kier alpha value is -1.06. The van der Waals surface area contributed by atoms with Crippen LogP contribution in [-0.2, 0) is 6.67 Å². The summed E-state index contributed by atoms with van der Waals surface area (Å²) in [5, 5.41) is 11.8. The Kier molecular flexibility index (Phi) is 5.29. The van der Waals surface area contributed by atoms with Crippen molar-refractivity contribution in [1.29, 1.82) is 5.26 Å². The van der Waals surface area contributed by atoms with Gasteiger partial charge in [-0.05, 0) is 30.0 Å². The fourth-order valence-corrected chi connectivity index (χ4v) is 1.75. The van der Waals surface area contributed by atoms with Crippen LogP contribution in [0.25, 0.3) is 0 Å². The van der Waals surface area contributed by atoms with Crippen molar-refractivity contribution >= 4 is 38.5 Å². The van der Waals surface area contributed by atoms with Crippen molar-refractivity contribution in [3.8, 4) is 6.19 Å². The zero-order valence-corrected chi connectivity index (χ0v) is 10.9. The van der Waals surface area contributed by atoms with Crippen molar-refractivity contribution in [1.82, 2.24) is 0 Å². The average Bonchev–Trinajstić information content (AvgIpc) is 2.30. The molecule has 0 aliphatic heterocycles. The number of amidine groups is 1. The van der Waals surface area contributed by atoms with E-state index in [1.807, 2.05) is 0 Å². The van der Waals surface area contributed by atoms with Crippen LogP contribution in [0.2, 0.25) is 0 Å². The van der Waals surface area contributed by atoms with Gasteiger partial charge in [-0.15, -0.1) is 4.99 Å². The first-order chi connectivity index (χ1) is 7.71. The van der Waals surface area contributed by atoms with Crippen LogP contribution >= 0.6 is 27.7 Å². The van der Waals surface area contributed by atoms with Crippen molar-refractivity contribution in [3.05, 3.63) is 28.2 Å². The molecule has 0 bridgehead atoms. The van der Waals surface area contributed by atoms with E-state index in [9.17, 15) is 4.39 Å². The zero-order valence-electron chi connectivity index (χ0n) is 8.50. The first kappa shape index (κ1) is 13.0. The maximum atomic E-state index is 12.6. The Morgan fingerprint density at radius 1 is 1.69 bits per heavy atom. The first-order valence-electron chi connectivity index (χ1n) is 4.33. The van der Waals surface area contributed by atoms with E-state index in [-0.39, 0.29) is 0 Å². The van der Waals surface area contributed by atoms with Crippen LogP contribution in [-0.4, -0.2) is 11.4 Å². The fraction of sp³-hybridized carbons (Fsp3) is 0.200. The molecular weight excluding hydrogens is 293 g/mol. The molecule has 1 aromatic rings. The molecule has 0 aliphatic rings. The summed E-state index contributed by atoms with van der Waals surface area (Å²) in [4.78, 5) is 3.58. The van der Waals surface area contributed by atoms with E-state index < -0.39 is 6.67 Å². The number of nitrogens with one attached hydrogen (secondary N) is 1. The van der Waals surface area contributed by atoms with Crippen LogP contribution in [0.5, 0.6) is 0 Å². The minimum atomic E-state index is -0.542.